The fraction of sp³-hybridized carbons (Fsp3) is 0.308. The second-order valence-corrected chi connectivity index (χ2v) is 3.35. The molecule has 0 saturated heterocycles. The lowest BCUT2D eigenvalue weighted by Gasteiger charge is -2.03. The summed E-state index contributed by atoms with van der Waals surface area (Å²) in [5, 5.41) is 0. The topological polar surface area (TPSA) is 26.3 Å². The standard InChI is InChI=1S/C13H16O2/c1-3-4-5-7-12-8-6-9-13(10-12)15-11(2)14/h3-4,6,8-10H,5,7H2,1-2H3/b4-3-. The van der Waals surface area contributed by atoms with E-state index in [9.17, 15) is 4.79 Å². The predicted molar refractivity (Wildman–Crippen MR) is 60.9 cm³/mol. The van der Waals surface area contributed by atoms with Gasteiger partial charge in [0, 0.05) is 6.92 Å². The van der Waals surface area contributed by atoms with Crippen LogP contribution in [0.4, 0.5) is 0 Å². The van der Waals surface area contributed by atoms with Gasteiger partial charge in [0.1, 0.15) is 5.75 Å². The first-order valence-electron chi connectivity index (χ1n) is 5.11. The number of esters is 1. The highest BCUT2D eigenvalue weighted by molar-refractivity contribution is 5.69. The Hall–Kier alpha value is -1.57. The maximum atomic E-state index is 10.8. The van der Waals surface area contributed by atoms with Crippen LogP contribution in [-0.2, 0) is 11.2 Å². The van der Waals surface area contributed by atoms with E-state index in [2.05, 4.69) is 6.08 Å². The van der Waals surface area contributed by atoms with Gasteiger partial charge in [-0.15, -0.1) is 0 Å². The summed E-state index contributed by atoms with van der Waals surface area (Å²) in [5.41, 5.74) is 1.19. The lowest BCUT2D eigenvalue weighted by molar-refractivity contribution is -0.131. The van der Waals surface area contributed by atoms with Gasteiger partial charge in [0.25, 0.3) is 0 Å². The summed E-state index contributed by atoms with van der Waals surface area (Å²) in [6.07, 6.45) is 6.15. The van der Waals surface area contributed by atoms with Gasteiger partial charge in [0.05, 0.1) is 0 Å². The molecule has 0 aliphatic rings. The number of rotatable bonds is 4. The molecule has 15 heavy (non-hydrogen) atoms. The number of carbonyl (C=O) groups is 1. The van der Waals surface area contributed by atoms with E-state index in [0.717, 1.165) is 12.8 Å². The van der Waals surface area contributed by atoms with Crippen molar-refractivity contribution in [1.82, 2.24) is 0 Å². The molecule has 1 rings (SSSR count). The molecule has 1 aromatic carbocycles. The Morgan fingerprint density at radius 2 is 2.27 bits per heavy atom. The van der Waals surface area contributed by atoms with Gasteiger partial charge in [0.15, 0.2) is 0 Å². The molecule has 2 nitrogen and oxygen atoms in total. The van der Waals surface area contributed by atoms with E-state index in [1.54, 1.807) is 6.07 Å². The van der Waals surface area contributed by atoms with Crippen molar-refractivity contribution >= 4 is 5.97 Å². The second-order valence-electron chi connectivity index (χ2n) is 3.35. The molecular weight excluding hydrogens is 188 g/mol. The molecule has 80 valence electrons. The Kier molecular flexibility index (Phi) is 4.61. The van der Waals surface area contributed by atoms with Crippen LogP contribution in [0.5, 0.6) is 5.75 Å². The third-order valence-corrected chi connectivity index (χ3v) is 2.00. The summed E-state index contributed by atoms with van der Waals surface area (Å²) in [6.45, 7) is 3.42. The highest BCUT2D eigenvalue weighted by Gasteiger charge is 1.98. The summed E-state index contributed by atoms with van der Waals surface area (Å²) in [6, 6.07) is 7.64. The van der Waals surface area contributed by atoms with Crippen molar-refractivity contribution in [3.05, 3.63) is 42.0 Å². The average Bonchev–Trinajstić information content (AvgIpc) is 2.18. The van der Waals surface area contributed by atoms with Crippen LogP contribution in [0.2, 0.25) is 0 Å². The minimum Gasteiger partial charge on any atom is -0.427 e. The molecule has 0 bridgehead atoms. The quantitative estimate of drug-likeness (QED) is 0.428. The summed E-state index contributed by atoms with van der Waals surface area (Å²) in [7, 11) is 0. The van der Waals surface area contributed by atoms with Crippen LogP contribution >= 0.6 is 0 Å². The predicted octanol–water partition coefficient (Wildman–Crippen LogP) is 3.12. The van der Waals surface area contributed by atoms with Gasteiger partial charge in [-0.3, -0.25) is 4.79 Å². The number of carbonyl (C=O) groups excluding carboxylic acids is 1. The van der Waals surface area contributed by atoms with Gasteiger partial charge in [-0.1, -0.05) is 24.3 Å². The summed E-state index contributed by atoms with van der Waals surface area (Å²) >= 11 is 0. The zero-order valence-corrected chi connectivity index (χ0v) is 9.19. The minimum atomic E-state index is -0.277. The molecule has 0 atom stereocenters. The fourth-order valence-corrected chi connectivity index (χ4v) is 1.35. The molecule has 2 heteroatoms. The zero-order valence-electron chi connectivity index (χ0n) is 9.19. The van der Waals surface area contributed by atoms with Crippen LogP contribution in [0.1, 0.15) is 25.8 Å². The van der Waals surface area contributed by atoms with Crippen molar-refractivity contribution < 1.29 is 9.53 Å². The molecule has 0 spiro atoms. The third-order valence-electron chi connectivity index (χ3n) is 2.00. The Bertz CT molecular complexity index is 353. The van der Waals surface area contributed by atoms with E-state index in [4.69, 9.17) is 4.74 Å². The number of allylic oxidation sites excluding steroid dienone is 2. The normalized spacial score (nSPS) is 10.5. The number of aryl methyl sites for hydroxylation is 1. The van der Waals surface area contributed by atoms with Crippen LogP contribution in [0.15, 0.2) is 36.4 Å². The smallest absolute Gasteiger partial charge is 0.308 e. The molecule has 0 fully saturated rings. The van der Waals surface area contributed by atoms with Gasteiger partial charge >= 0.3 is 5.97 Å². The largest absolute Gasteiger partial charge is 0.427 e. The van der Waals surface area contributed by atoms with Crippen LogP contribution in [0, 0.1) is 0 Å². The fourth-order valence-electron chi connectivity index (χ4n) is 1.35. The van der Waals surface area contributed by atoms with Crippen LogP contribution < -0.4 is 4.74 Å². The minimum absolute atomic E-state index is 0.277. The first-order valence-corrected chi connectivity index (χ1v) is 5.11. The van der Waals surface area contributed by atoms with E-state index < -0.39 is 0 Å². The van der Waals surface area contributed by atoms with Crippen molar-refractivity contribution in [2.24, 2.45) is 0 Å². The van der Waals surface area contributed by atoms with Crippen LogP contribution in [-0.4, -0.2) is 5.97 Å². The van der Waals surface area contributed by atoms with Gasteiger partial charge < -0.3 is 4.74 Å². The molecule has 0 radical (unpaired) electrons. The maximum Gasteiger partial charge on any atom is 0.308 e. The van der Waals surface area contributed by atoms with Crippen molar-refractivity contribution in [2.75, 3.05) is 0 Å². The van der Waals surface area contributed by atoms with E-state index in [0.29, 0.717) is 5.75 Å². The molecule has 0 aromatic heterocycles. The Morgan fingerprint density at radius 1 is 1.47 bits per heavy atom. The van der Waals surface area contributed by atoms with E-state index in [1.165, 1.54) is 12.5 Å². The van der Waals surface area contributed by atoms with E-state index >= 15 is 0 Å². The van der Waals surface area contributed by atoms with Crippen LogP contribution in [0.3, 0.4) is 0 Å². The van der Waals surface area contributed by atoms with Crippen molar-refractivity contribution in [3.63, 3.8) is 0 Å². The monoisotopic (exact) mass is 204 g/mol. The number of hydrogen-bond donors (Lipinski definition) is 0. The lowest BCUT2D eigenvalue weighted by Crippen LogP contribution is -2.01. The van der Waals surface area contributed by atoms with E-state index in [-0.39, 0.29) is 5.97 Å². The van der Waals surface area contributed by atoms with Gasteiger partial charge in [-0.05, 0) is 37.5 Å². The SMILES string of the molecule is C/C=C\CCc1cccc(OC(C)=O)c1. The highest BCUT2D eigenvalue weighted by atomic mass is 16.5. The van der Waals surface area contributed by atoms with Crippen molar-refractivity contribution in [3.8, 4) is 5.75 Å². The number of hydrogen-bond acceptors (Lipinski definition) is 2. The Labute approximate surface area is 90.6 Å². The molecule has 0 saturated carbocycles. The Balaban J connectivity index is 2.61. The van der Waals surface area contributed by atoms with Gasteiger partial charge in [-0.25, -0.2) is 0 Å². The molecule has 0 heterocycles. The highest BCUT2D eigenvalue weighted by Crippen LogP contribution is 2.14. The first-order chi connectivity index (χ1) is 7.22. The number of ether oxygens (including phenoxy) is 1. The maximum absolute atomic E-state index is 10.8. The molecule has 0 aliphatic heterocycles. The molecule has 0 amide bonds. The second kappa shape index (κ2) is 6.02. The van der Waals surface area contributed by atoms with Gasteiger partial charge in [0.2, 0.25) is 0 Å². The van der Waals surface area contributed by atoms with E-state index in [1.807, 2.05) is 31.2 Å². The summed E-state index contributed by atoms with van der Waals surface area (Å²) in [5.74, 6) is 0.348. The lowest BCUT2D eigenvalue weighted by atomic mass is 10.1. The first kappa shape index (κ1) is 11.5. The van der Waals surface area contributed by atoms with Crippen molar-refractivity contribution in [1.29, 1.82) is 0 Å². The molecule has 1 aromatic rings. The van der Waals surface area contributed by atoms with Crippen molar-refractivity contribution in [2.45, 2.75) is 26.7 Å². The van der Waals surface area contributed by atoms with Gasteiger partial charge in [-0.2, -0.15) is 0 Å². The molecule has 0 aliphatic carbocycles. The summed E-state index contributed by atoms with van der Waals surface area (Å²) in [4.78, 5) is 10.8. The molecular formula is C13H16O2. The average molecular weight is 204 g/mol. The summed E-state index contributed by atoms with van der Waals surface area (Å²) < 4.78 is 5.00. The van der Waals surface area contributed by atoms with Crippen LogP contribution in [0.25, 0.3) is 0 Å². The zero-order chi connectivity index (χ0) is 11.1. The Morgan fingerprint density at radius 3 is 2.93 bits per heavy atom. The molecule has 0 unspecified atom stereocenters. The number of benzene rings is 1. The third kappa shape index (κ3) is 4.45. The molecule has 0 N–H and O–H groups in total.